The minimum Gasteiger partial charge on any atom is -0.381 e. The lowest BCUT2D eigenvalue weighted by Crippen LogP contribution is -2.09. The number of hydrogen-bond acceptors (Lipinski definition) is 1. The molecule has 0 aromatic rings. The van der Waals surface area contributed by atoms with Gasteiger partial charge in [-0.3, -0.25) is 0 Å². The van der Waals surface area contributed by atoms with Gasteiger partial charge in [-0.25, -0.2) is 0 Å². The Morgan fingerprint density at radius 1 is 1.20 bits per heavy atom. The molecule has 0 aromatic heterocycles. The molecule has 1 heterocycles. The van der Waals surface area contributed by atoms with E-state index in [1.54, 1.807) is 0 Å². The van der Waals surface area contributed by atoms with Gasteiger partial charge in [-0.05, 0) is 6.42 Å². The summed E-state index contributed by atoms with van der Waals surface area (Å²) in [5.74, 6) is 0. The maximum absolute atomic E-state index is 4.72. The van der Waals surface area contributed by atoms with E-state index < -0.39 is 0 Å². The van der Waals surface area contributed by atoms with Crippen molar-refractivity contribution in [1.82, 2.24) is 0 Å². The van der Waals surface area contributed by atoms with Crippen molar-refractivity contribution in [2.75, 3.05) is 13.2 Å². The first-order valence-corrected chi connectivity index (χ1v) is 1.58. The Kier molecular flexibility index (Phi) is 2.14. The van der Waals surface area contributed by atoms with Crippen LogP contribution >= 0.6 is 0 Å². The van der Waals surface area contributed by atoms with Gasteiger partial charge in [0, 0.05) is 18.7 Å². The van der Waals surface area contributed by atoms with Crippen molar-refractivity contribution >= 4 is 0 Å². The molecule has 1 saturated heterocycles. The Labute approximate surface area is 31.1 Å². The van der Waals surface area contributed by atoms with Crippen LogP contribution in [0.5, 0.6) is 0 Å². The van der Waals surface area contributed by atoms with Gasteiger partial charge in [0.15, 0.2) is 0 Å². The van der Waals surface area contributed by atoms with E-state index in [9.17, 15) is 0 Å². The van der Waals surface area contributed by atoms with Gasteiger partial charge in [-0.2, -0.15) is 0 Å². The molecule has 0 N–H and O–H groups in total. The molecule has 0 amide bonds. The second-order valence-electron chi connectivity index (χ2n) is 0.966. The Morgan fingerprint density at radius 3 is 1.40 bits per heavy atom. The van der Waals surface area contributed by atoms with Gasteiger partial charge in [0.1, 0.15) is 0 Å². The molecule has 30 valence electrons. The lowest BCUT2D eigenvalue weighted by Gasteiger charge is -2.09. The normalized spacial score (nSPS) is 19.2. The second-order valence-corrected chi connectivity index (χ2v) is 0.966. The minimum absolute atomic E-state index is 0. The maximum atomic E-state index is 4.72. The van der Waals surface area contributed by atoms with Crippen LogP contribution in [0.15, 0.2) is 0 Å². The Balaban J connectivity index is 0.000000160. The van der Waals surface area contributed by atoms with E-state index in [0.717, 1.165) is 13.2 Å². The highest BCUT2D eigenvalue weighted by atomic mass is 16.5. The van der Waals surface area contributed by atoms with Crippen LogP contribution in [0.3, 0.4) is 0 Å². The van der Waals surface area contributed by atoms with Crippen LogP contribution < -0.4 is 0 Å². The zero-order valence-electron chi connectivity index (χ0n) is 2.94. The second kappa shape index (κ2) is 2.18. The van der Waals surface area contributed by atoms with Crippen LogP contribution in [0.4, 0.5) is 0 Å². The molecule has 0 unspecified atom stereocenters. The van der Waals surface area contributed by atoms with Gasteiger partial charge in [0.05, 0.1) is 0 Å². The molecule has 1 aliphatic heterocycles. The summed E-state index contributed by atoms with van der Waals surface area (Å²) >= 11 is 0. The number of hydrogen-bond donors (Lipinski definition) is 0. The molecule has 0 aliphatic carbocycles. The predicted molar refractivity (Wildman–Crippen MR) is 16.1 cm³/mol. The van der Waals surface area contributed by atoms with E-state index in [4.69, 9.17) is 4.74 Å². The molecule has 0 bridgehead atoms. The fraction of sp³-hybridized carbons (Fsp3) is 1.00. The Hall–Kier alpha value is -0.0800. The van der Waals surface area contributed by atoms with Crippen LogP contribution in [0.2, 0.25) is 0 Å². The van der Waals surface area contributed by atoms with Crippen LogP contribution in [-0.2, 0) is 10.2 Å². The third-order valence-corrected chi connectivity index (χ3v) is 0.577. The molecule has 1 rings (SSSR count). The summed E-state index contributed by atoms with van der Waals surface area (Å²) in [4.78, 5) is 0. The molecule has 2 nitrogen and oxygen atoms in total. The summed E-state index contributed by atoms with van der Waals surface area (Å²) in [6, 6.07) is 0. The molecule has 5 heavy (non-hydrogen) atoms. The van der Waals surface area contributed by atoms with E-state index in [1.165, 1.54) is 6.42 Å². The Morgan fingerprint density at radius 2 is 1.40 bits per heavy atom. The van der Waals surface area contributed by atoms with Crippen molar-refractivity contribution in [3.05, 3.63) is 0 Å². The zero-order chi connectivity index (χ0) is 2.83. The van der Waals surface area contributed by atoms with Crippen LogP contribution in [-0.4, -0.2) is 13.2 Å². The highest BCUT2D eigenvalue weighted by Crippen LogP contribution is 1.92. The third-order valence-electron chi connectivity index (χ3n) is 0.577. The molecule has 2 heteroatoms. The van der Waals surface area contributed by atoms with Crippen molar-refractivity contribution in [1.29, 1.82) is 0 Å². The predicted octanol–water partition coefficient (Wildman–Crippen LogP) is 0.288. The number of ether oxygens (including phenoxy) is 1. The smallest absolute Gasteiger partial charge is 0.0488 e. The lowest BCUT2D eigenvalue weighted by molar-refractivity contribution is 0.0367. The topological polar surface area (TPSA) is 37.7 Å². The summed E-state index contributed by atoms with van der Waals surface area (Å²) in [5.41, 5.74) is 0. The molecule has 0 saturated carbocycles. The van der Waals surface area contributed by atoms with Gasteiger partial charge < -0.3 is 4.74 Å². The van der Waals surface area contributed by atoms with Crippen molar-refractivity contribution < 1.29 is 10.2 Å². The highest BCUT2D eigenvalue weighted by Gasteiger charge is 1.94. The zero-order valence-corrected chi connectivity index (χ0v) is 2.94. The standard InChI is InChI=1S/C3H6O.O/c1-2-4-3-1;/h1-3H2;. The van der Waals surface area contributed by atoms with E-state index in [-0.39, 0.29) is 5.48 Å². The van der Waals surface area contributed by atoms with Crippen molar-refractivity contribution in [3.63, 3.8) is 0 Å². The highest BCUT2D eigenvalue weighted by molar-refractivity contribution is 4.41. The van der Waals surface area contributed by atoms with Crippen molar-refractivity contribution in [2.45, 2.75) is 6.42 Å². The molecule has 0 aromatic carbocycles. The van der Waals surface area contributed by atoms with Gasteiger partial charge in [-0.1, -0.05) is 0 Å². The third kappa shape index (κ3) is 0.940. The molecular formula is C3H6O2. The fourth-order valence-corrected chi connectivity index (χ4v) is 0.144. The van der Waals surface area contributed by atoms with Crippen LogP contribution in [0.1, 0.15) is 6.42 Å². The average Bonchev–Trinajstić information content (AvgIpc) is 0.722. The molecular weight excluding hydrogens is 68.0 g/mol. The van der Waals surface area contributed by atoms with E-state index in [2.05, 4.69) is 0 Å². The largest absolute Gasteiger partial charge is 0.381 e. The SMILES string of the molecule is C1COC1.[O]. The quantitative estimate of drug-likeness (QED) is 0.407. The minimum atomic E-state index is 0. The lowest BCUT2D eigenvalue weighted by atomic mass is 10.4. The number of rotatable bonds is 0. The summed E-state index contributed by atoms with van der Waals surface area (Å²) in [7, 11) is 0. The molecule has 1 fully saturated rings. The fourth-order valence-electron chi connectivity index (χ4n) is 0.144. The first kappa shape index (κ1) is 4.92. The molecule has 2 radical (unpaired) electrons. The first-order valence-electron chi connectivity index (χ1n) is 1.58. The maximum Gasteiger partial charge on any atom is 0.0488 e. The van der Waals surface area contributed by atoms with E-state index >= 15 is 0 Å². The van der Waals surface area contributed by atoms with E-state index in [0.29, 0.717) is 0 Å². The monoisotopic (exact) mass is 74.0 g/mol. The van der Waals surface area contributed by atoms with Crippen LogP contribution in [0.25, 0.3) is 0 Å². The van der Waals surface area contributed by atoms with Gasteiger partial charge >= 0.3 is 0 Å². The van der Waals surface area contributed by atoms with Crippen molar-refractivity contribution in [3.8, 4) is 0 Å². The van der Waals surface area contributed by atoms with Gasteiger partial charge in [0.2, 0.25) is 0 Å². The first-order chi connectivity index (χ1) is 2.00. The van der Waals surface area contributed by atoms with E-state index in [1.807, 2.05) is 0 Å². The molecule has 1 aliphatic rings. The van der Waals surface area contributed by atoms with Gasteiger partial charge in [-0.15, -0.1) is 0 Å². The molecule has 0 spiro atoms. The van der Waals surface area contributed by atoms with Gasteiger partial charge in [0.25, 0.3) is 0 Å². The average molecular weight is 74.1 g/mol. The Bertz CT molecular complexity index is 12.9. The summed E-state index contributed by atoms with van der Waals surface area (Å²) in [6.07, 6.45) is 1.28. The van der Waals surface area contributed by atoms with Crippen molar-refractivity contribution in [2.24, 2.45) is 0 Å². The summed E-state index contributed by atoms with van der Waals surface area (Å²) in [6.45, 7) is 2.00. The summed E-state index contributed by atoms with van der Waals surface area (Å²) < 4.78 is 4.72. The molecule has 0 atom stereocenters. The van der Waals surface area contributed by atoms with Crippen LogP contribution in [0, 0.1) is 0 Å². The summed E-state index contributed by atoms with van der Waals surface area (Å²) in [5, 5.41) is 0.